The van der Waals surface area contributed by atoms with Crippen molar-refractivity contribution in [2.45, 2.75) is 6.42 Å². The number of hydrogen-bond acceptors (Lipinski definition) is 4. The van der Waals surface area contributed by atoms with Gasteiger partial charge in [0.25, 0.3) is 0 Å². The summed E-state index contributed by atoms with van der Waals surface area (Å²) in [6.45, 7) is 0. The number of rotatable bonds is 3. The molecule has 0 fully saturated rings. The zero-order valence-electron chi connectivity index (χ0n) is 13.4. The van der Waals surface area contributed by atoms with Gasteiger partial charge in [0, 0.05) is 20.8 Å². The largest absolute Gasteiger partial charge is 0.469 e. The predicted octanol–water partition coefficient (Wildman–Crippen LogP) is 4.26. The maximum Gasteiger partial charge on any atom is 0.310 e. The van der Waals surface area contributed by atoms with Gasteiger partial charge in [0.2, 0.25) is 0 Å². The Hall–Kier alpha value is -2.73. The minimum atomic E-state index is -0.283. The van der Waals surface area contributed by atoms with Crippen molar-refractivity contribution in [3.8, 4) is 11.3 Å². The highest BCUT2D eigenvalue weighted by atomic mass is 79.9. The van der Waals surface area contributed by atoms with Gasteiger partial charge in [0.15, 0.2) is 0 Å². The number of aromatic nitrogens is 3. The Bertz CT molecular complexity index is 1090. The number of esters is 1. The van der Waals surface area contributed by atoms with E-state index in [9.17, 15) is 4.79 Å². The van der Waals surface area contributed by atoms with Crippen molar-refractivity contribution in [1.29, 1.82) is 0 Å². The van der Waals surface area contributed by atoms with E-state index in [0.29, 0.717) is 0 Å². The molecule has 5 nitrogen and oxygen atoms in total. The number of H-pyrrole nitrogens is 1. The van der Waals surface area contributed by atoms with E-state index >= 15 is 0 Å². The highest BCUT2D eigenvalue weighted by Gasteiger charge is 2.14. The highest BCUT2D eigenvalue weighted by molar-refractivity contribution is 9.10. The van der Waals surface area contributed by atoms with E-state index in [2.05, 4.69) is 26.1 Å². The van der Waals surface area contributed by atoms with Crippen LogP contribution in [0.2, 0.25) is 0 Å². The molecule has 0 bridgehead atoms. The summed E-state index contributed by atoms with van der Waals surface area (Å²) in [5.74, 6) is -0.283. The molecule has 2 aromatic heterocycles. The zero-order valence-corrected chi connectivity index (χ0v) is 15.0. The molecule has 124 valence electrons. The first-order valence-electron chi connectivity index (χ1n) is 7.74. The lowest BCUT2D eigenvalue weighted by Crippen LogP contribution is -2.06. The van der Waals surface area contributed by atoms with Gasteiger partial charge in [0.1, 0.15) is 0 Å². The lowest BCUT2D eigenvalue weighted by Gasteiger charge is -2.10. The van der Waals surface area contributed by atoms with E-state index in [1.807, 2.05) is 42.5 Å². The fourth-order valence-electron chi connectivity index (χ4n) is 2.97. The van der Waals surface area contributed by atoms with Crippen molar-refractivity contribution in [3.05, 3.63) is 58.7 Å². The molecule has 0 spiro atoms. The Labute approximate surface area is 152 Å². The summed E-state index contributed by atoms with van der Waals surface area (Å²) in [5.41, 5.74) is 4.43. The highest BCUT2D eigenvalue weighted by Crippen LogP contribution is 2.30. The van der Waals surface area contributed by atoms with Crippen LogP contribution in [0.5, 0.6) is 0 Å². The van der Waals surface area contributed by atoms with Crippen molar-refractivity contribution in [2.75, 3.05) is 7.11 Å². The molecule has 0 atom stereocenters. The number of nitrogens with one attached hydrogen (secondary N) is 1. The number of nitrogens with zero attached hydrogens (tertiary/aromatic N) is 2. The lowest BCUT2D eigenvalue weighted by atomic mass is 9.99. The molecule has 6 heteroatoms. The summed E-state index contributed by atoms with van der Waals surface area (Å²) in [6, 6.07) is 13.8. The third-order valence-corrected chi connectivity index (χ3v) is 4.71. The van der Waals surface area contributed by atoms with Gasteiger partial charge >= 0.3 is 5.97 Å². The Morgan fingerprint density at radius 2 is 2.00 bits per heavy atom. The topological polar surface area (TPSA) is 67.9 Å². The SMILES string of the molecule is COC(=O)Cc1cc(-c2ccc(Br)cc2)nc2ccc3[nH]ncc3c12. The van der Waals surface area contributed by atoms with Gasteiger partial charge in [-0.3, -0.25) is 9.89 Å². The number of pyridine rings is 1. The summed E-state index contributed by atoms with van der Waals surface area (Å²) in [7, 11) is 1.40. The summed E-state index contributed by atoms with van der Waals surface area (Å²) in [5, 5.41) is 8.95. The second kappa shape index (κ2) is 6.29. The second-order valence-corrected chi connectivity index (χ2v) is 6.63. The maximum absolute atomic E-state index is 11.9. The molecule has 0 aliphatic carbocycles. The normalized spacial score (nSPS) is 11.1. The average Bonchev–Trinajstić information content (AvgIpc) is 3.10. The van der Waals surface area contributed by atoms with Crippen LogP contribution in [-0.2, 0) is 16.0 Å². The van der Waals surface area contributed by atoms with Gasteiger partial charge in [-0.1, -0.05) is 28.1 Å². The molecule has 4 aromatic rings. The minimum absolute atomic E-state index is 0.184. The second-order valence-electron chi connectivity index (χ2n) is 5.72. The first kappa shape index (κ1) is 15.8. The van der Waals surface area contributed by atoms with Gasteiger partial charge < -0.3 is 4.74 Å². The molecule has 0 unspecified atom stereocenters. The smallest absolute Gasteiger partial charge is 0.310 e. The molecule has 1 N–H and O–H groups in total. The van der Waals surface area contributed by atoms with Gasteiger partial charge in [-0.2, -0.15) is 5.10 Å². The first-order chi connectivity index (χ1) is 12.2. The Morgan fingerprint density at radius 3 is 2.76 bits per heavy atom. The maximum atomic E-state index is 11.9. The summed E-state index contributed by atoms with van der Waals surface area (Å²) >= 11 is 3.45. The predicted molar refractivity (Wildman–Crippen MR) is 100 cm³/mol. The molecule has 0 aliphatic heterocycles. The molecule has 0 radical (unpaired) electrons. The third-order valence-electron chi connectivity index (χ3n) is 4.18. The third kappa shape index (κ3) is 2.89. The van der Waals surface area contributed by atoms with Crippen molar-refractivity contribution in [2.24, 2.45) is 0 Å². The number of aromatic amines is 1. The number of carbonyl (C=O) groups is 1. The van der Waals surface area contributed by atoms with Crippen LogP contribution in [0, 0.1) is 0 Å². The number of methoxy groups -OCH3 is 1. The molecular weight excluding hydrogens is 382 g/mol. The molecule has 0 aliphatic rings. The molecular formula is C19H14BrN3O2. The number of carbonyl (C=O) groups excluding carboxylic acids is 1. The summed E-state index contributed by atoms with van der Waals surface area (Å²) in [4.78, 5) is 16.7. The molecule has 25 heavy (non-hydrogen) atoms. The van der Waals surface area contributed by atoms with Gasteiger partial charge in [-0.25, -0.2) is 4.98 Å². The Morgan fingerprint density at radius 1 is 1.20 bits per heavy atom. The van der Waals surface area contributed by atoms with Gasteiger partial charge in [-0.15, -0.1) is 0 Å². The zero-order chi connectivity index (χ0) is 17.4. The standard InChI is InChI=1S/C19H14BrN3O2/c1-25-18(24)9-12-8-17(11-2-4-13(20)5-3-11)22-16-7-6-15-14(19(12)16)10-21-23-15/h2-8,10H,9H2,1H3,(H,21,23). The first-order valence-corrected chi connectivity index (χ1v) is 8.53. The van der Waals surface area contributed by atoms with E-state index in [-0.39, 0.29) is 12.4 Å². The molecule has 2 aromatic carbocycles. The van der Waals surface area contributed by atoms with Crippen molar-refractivity contribution in [1.82, 2.24) is 15.2 Å². The number of ether oxygens (including phenoxy) is 1. The van der Waals surface area contributed by atoms with Crippen molar-refractivity contribution >= 4 is 43.7 Å². The summed E-state index contributed by atoms with van der Waals surface area (Å²) in [6.07, 6.45) is 1.95. The monoisotopic (exact) mass is 395 g/mol. The number of benzene rings is 2. The average molecular weight is 396 g/mol. The van der Waals surface area contributed by atoms with E-state index in [0.717, 1.165) is 43.1 Å². The van der Waals surface area contributed by atoms with Gasteiger partial charge in [0.05, 0.1) is 36.5 Å². The lowest BCUT2D eigenvalue weighted by molar-refractivity contribution is -0.139. The van der Waals surface area contributed by atoms with Crippen LogP contribution < -0.4 is 0 Å². The van der Waals surface area contributed by atoms with E-state index in [1.165, 1.54) is 7.11 Å². The molecule has 2 heterocycles. The van der Waals surface area contributed by atoms with Crippen LogP contribution in [-0.4, -0.2) is 28.3 Å². The van der Waals surface area contributed by atoms with E-state index in [4.69, 9.17) is 9.72 Å². The van der Waals surface area contributed by atoms with Crippen LogP contribution in [0.4, 0.5) is 0 Å². The number of halogens is 1. The summed E-state index contributed by atoms with van der Waals surface area (Å²) < 4.78 is 5.88. The minimum Gasteiger partial charge on any atom is -0.469 e. The molecule has 0 amide bonds. The number of hydrogen-bond donors (Lipinski definition) is 1. The molecule has 0 saturated carbocycles. The van der Waals surface area contributed by atoms with Crippen LogP contribution >= 0.6 is 15.9 Å². The van der Waals surface area contributed by atoms with Crippen LogP contribution in [0.3, 0.4) is 0 Å². The van der Waals surface area contributed by atoms with Gasteiger partial charge in [-0.05, 0) is 35.9 Å². The number of fused-ring (bicyclic) bond motifs is 3. The van der Waals surface area contributed by atoms with Crippen molar-refractivity contribution < 1.29 is 9.53 Å². The molecule has 4 rings (SSSR count). The Kier molecular flexibility index (Phi) is 3.97. The van der Waals surface area contributed by atoms with Crippen LogP contribution in [0.1, 0.15) is 5.56 Å². The fraction of sp³-hybridized carbons (Fsp3) is 0.105. The van der Waals surface area contributed by atoms with Crippen LogP contribution in [0.25, 0.3) is 33.1 Å². The van der Waals surface area contributed by atoms with E-state index in [1.54, 1.807) is 6.20 Å². The molecule has 0 saturated heterocycles. The fourth-order valence-corrected chi connectivity index (χ4v) is 3.24. The van der Waals surface area contributed by atoms with Crippen molar-refractivity contribution in [3.63, 3.8) is 0 Å². The Balaban J connectivity index is 1.98. The van der Waals surface area contributed by atoms with E-state index < -0.39 is 0 Å². The quantitative estimate of drug-likeness (QED) is 0.526. The van der Waals surface area contributed by atoms with Crippen LogP contribution in [0.15, 0.2) is 53.1 Å².